The van der Waals surface area contributed by atoms with E-state index in [4.69, 9.17) is 0 Å². The number of benzene rings is 2. The zero-order valence-corrected chi connectivity index (χ0v) is 13.3. The molecule has 0 amide bonds. The average molecular weight is 303 g/mol. The van der Waals surface area contributed by atoms with E-state index in [1.807, 2.05) is 37.3 Å². The Morgan fingerprint density at radius 1 is 0.783 bits per heavy atom. The highest BCUT2D eigenvalue weighted by Gasteiger charge is 2.08. The molecule has 0 unspecified atom stereocenters. The number of aromatic nitrogens is 1. The molecule has 0 saturated heterocycles. The first-order valence-electron chi connectivity index (χ1n) is 7.88. The van der Waals surface area contributed by atoms with Crippen molar-refractivity contribution < 1.29 is 0 Å². The van der Waals surface area contributed by atoms with Crippen molar-refractivity contribution in [3.8, 4) is 0 Å². The van der Waals surface area contributed by atoms with Crippen LogP contribution in [0.25, 0.3) is 0 Å². The summed E-state index contributed by atoms with van der Waals surface area (Å²) in [4.78, 5) is 6.79. The van der Waals surface area contributed by atoms with E-state index in [9.17, 15) is 0 Å². The molecule has 3 rings (SSSR count). The fourth-order valence-electron chi connectivity index (χ4n) is 2.56. The molecule has 3 heteroatoms. The molecule has 2 aromatic carbocycles. The Bertz CT molecular complexity index is 687. The molecule has 1 heterocycles. The van der Waals surface area contributed by atoms with E-state index >= 15 is 0 Å². The predicted octanol–water partition coefficient (Wildman–Crippen LogP) is 4.64. The molecule has 3 nitrogen and oxygen atoms in total. The van der Waals surface area contributed by atoms with Crippen LogP contribution in [0.5, 0.6) is 0 Å². The fraction of sp³-hybridized carbons (Fsp3) is 0.150. The van der Waals surface area contributed by atoms with E-state index in [1.165, 1.54) is 11.4 Å². The second kappa shape index (κ2) is 7.45. The van der Waals surface area contributed by atoms with E-state index < -0.39 is 0 Å². The minimum atomic E-state index is 0.820. The lowest BCUT2D eigenvalue weighted by molar-refractivity contribution is 0.948. The normalized spacial score (nSPS) is 10.3. The maximum absolute atomic E-state index is 4.49. The molecule has 0 aliphatic carbocycles. The predicted molar refractivity (Wildman–Crippen MR) is 97.4 cm³/mol. The standard InChI is InChI=1S/C20H21N3/c1-17-9-8-14-20(22-17)21-15-16-23(18-10-4-2-5-11-18)19-12-6-3-7-13-19/h2-14H,15-16H2,1H3,(H,21,22). The number of aryl methyl sites for hydroxylation is 1. The van der Waals surface area contributed by atoms with Gasteiger partial charge in [0.1, 0.15) is 5.82 Å². The first-order valence-corrected chi connectivity index (χ1v) is 7.88. The van der Waals surface area contributed by atoms with Crippen molar-refractivity contribution >= 4 is 17.2 Å². The van der Waals surface area contributed by atoms with Gasteiger partial charge in [-0.3, -0.25) is 0 Å². The van der Waals surface area contributed by atoms with Crippen molar-refractivity contribution in [2.24, 2.45) is 0 Å². The third-order valence-corrected chi connectivity index (χ3v) is 3.67. The number of nitrogens with zero attached hydrogens (tertiary/aromatic N) is 2. The van der Waals surface area contributed by atoms with Gasteiger partial charge in [0.15, 0.2) is 0 Å². The Morgan fingerprint density at radius 2 is 1.39 bits per heavy atom. The summed E-state index contributed by atoms with van der Waals surface area (Å²) in [5.41, 5.74) is 3.41. The highest BCUT2D eigenvalue weighted by atomic mass is 15.2. The molecule has 0 atom stereocenters. The number of para-hydroxylation sites is 2. The fourth-order valence-corrected chi connectivity index (χ4v) is 2.56. The van der Waals surface area contributed by atoms with E-state index in [0.29, 0.717) is 0 Å². The van der Waals surface area contributed by atoms with Gasteiger partial charge in [-0.1, -0.05) is 42.5 Å². The molecule has 0 radical (unpaired) electrons. The van der Waals surface area contributed by atoms with Gasteiger partial charge in [-0.2, -0.15) is 0 Å². The minimum absolute atomic E-state index is 0.820. The molecular formula is C20H21N3. The number of anilines is 3. The zero-order valence-electron chi connectivity index (χ0n) is 13.3. The number of hydrogen-bond acceptors (Lipinski definition) is 3. The largest absolute Gasteiger partial charge is 0.368 e. The van der Waals surface area contributed by atoms with Crippen LogP contribution >= 0.6 is 0 Å². The van der Waals surface area contributed by atoms with Gasteiger partial charge < -0.3 is 10.2 Å². The Balaban J connectivity index is 1.72. The molecule has 0 aliphatic heterocycles. The van der Waals surface area contributed by atoms with Gasteiger partial charge in [-0.05, 0) is 43.3 Å². The number of nitrogens with one attached hydrogen (secondary N) is 1. The van der Waals surface area contributed by atoms with Crippen LogP contribution in [-0.4, -0.2) is 18.1 Å². The molecular weight excluding hydrogens is 282 g/mol. The summed E-state index contributed by atoms with van der Waals surface area (Å²) < 4.78 is 0. The van der Waals surface area contributed by atoms with Crippen molar-refractivity contribution in [2.75, 3.05) is 23.3 Å². The quantitative estimate of drug-likeness (QED) is 0.719. The summed E-state index contributed by atoms with van der Waals surface area (Å²) >= 11 is 0. The van der Waals surface area contributed by atoms with Gasteiger partial charge in [0, 0.05) is 30.2 Å². The van der Waals surface area contributed by atoms with Crippen LogP contribution in [0.2, 0.25) is 0 Å². The van der Waals surface area contributed by atoms with Crippen LogP contribution in [0, 0.1) is 6.92 Å². The van der Waals surface area contributed by atoms with Crippen LogP contribution in [0.3, 0.4) is 0 Å². The Kier molecular flexibility index (Phi) is 4.89. The lowest BCUT2D eigenvalue weighted by Crippen LogP contribution is -2.24. The Hall–Kier alpha value is -2.81. The van der Waals surface area contributed by atoms with Crippen molar-refractivity contribution in [1.29, 1.82) is 0 Å². The lowest BCUT2D eigenvalue weighted by Gasteiger charge is -2.25. The number of rotatable bonds is 6. The summed E-state index contributed by atoms with van der Waals surface area (Å²) in [5, 5.41) is 3.40. The van der Waals surface area contributed by atoms with E-state index in [1.54, 1.807) is 0 Å². The summed E-state index contributed by atoms with van der Waals surface area (Å²) in [6.45, 7) is 3.69. The van der Waals surface area contributed by atoms with Gasteiger partial charge in [0.25, 0.3) is 0 Å². The highest BCUT2D eigenvalue weighted by Crippen LogP contribution is 2.24. The smallest absolute Gasteiger partial charge is 0.126 e. The van der Waals surface area contributed by atoms with Crippen LogP contribution in [0.4, 0.5) is 17.2 Å². The second-order valence-electron chi connectivity index (χ2n) is 5.41. The third kappa shape index (κ3) is 4.10. The van der Waals surface area contributed by atoms with E-state index in [2.05, 4.69) is 63.7 Å². The van der Waals surface area contributed by atoms with Crippen molar-refractivity contribution in [1.82, 2.24) is 4.98 Å². The highest BCUT2D eigenvalue weighted by molar-refractivity contribution is 5.63. The van der Waals surface area contributed by atoms with E-state index in [-0.39, 0.29) is 0 Å². The number of hydrogen-bond donors (Lipinski definition) is 1. The van der Waals surface area contributed by atoms with Crippen LogP contribution in [-0.2, 0) is 0 Å². The summed E-state index contributed by atoms with van der Waals surface area (Å²) in [5.74, 6) is 0.922. The molecule has 3 aromatic rings. The summed E-state index contributed by atoms with van der Waals surface area (Å²) in [7, 11) is 0. The van der Waals surface area contributed by atoms with Crippen molar-refractivity contribution in [2.45, 2.75) is 6.92 Å². The molecule has 0 aliphatic rings. The molecule has 1 aromatic heterocycles. The molecule has 0 bridgehead atoms. The van der Waals surface area contributed by atoms with E-state index in [0.717, 1.165) is 24.6 Å². The zero-order chi connectivity index (χ0) is 15.9. The van der Waals surface area contributed by atoms with Crippen LogP contribution in [0.1, 0.15) is 5.69 Å². The maximum atomic E-state index is 4.49. The van der Waals surface area contributed by atoms with Gasteiger partial charge in [-0.25, -0.2) is 4.98 Å². The minimum Gasteiger partial charge on any atom is -0.368 e. The van der Waals surface area contributed by atoms with Gasteiger partial charge in [0.2, 0.25) is 0 Å². The topological polar surface area (TPSA) is 28.2 Å². The second-order valence-corrected chi connectivity index (χ2v) is 5.41. The van der Waals surface area contributed by atoms with Gasteiger partial charge in [-0.15, -0.1) is 0 Å². The molecule has 0 fully saturated rings. The Morgan fingerprint density at radius 3 is 1.96 bits per heavy atom. The van der Waals surface area contributed by atoms with Crippen molar-refractivity contribution in [3.63, 3.8) is 0 Å². The van der Waals surface area contributed by atoms with Crippen LogP contribution < -0.4 is 10.2 Å². The average Bonchev–Trinajstić information content (AvgIpc) is 2.60. The number of pyridine rings is 1. The lowest BCUT2D eigenvalue weighted by atomic mass is 10.2. The molecule has 0 saturated carbocycles. The maximum Gasteiger partial charge on any atom is 0.126 e. The van der Waals surface area contributed by atoms with Gasteiger partial charge >= 0.3 is 0 Å². The molecule has 0 spiro atoms. The first-order chi connectivity index (χ1) is 11.3. The van der Waals surface area contributed by atoms with Crippen LogP contribution in [0.15, 0.2) is 78.9 Å². The molecule has 1 N–H and O–H groups in total. The van der Waals surface area contributed by atoms with Gasteiger partial charge in [0.05, 0.1) is 0 Å². The monoisotopic (exact) mass is 303 g/mol. The first kappa shape index (κ1) is 15.1. The SMILES string of the molecule is Cc1cccc(NCCN(c2ccccc2)c2ccccc2)n1. The summed E-state index contributed by atoms with van der Waals surface area (Å²) in [6.07, 6.45) is 0. The Labute approximate surface area is 137 Å². The molecule has 116 valence electrons. The van der Waals surface area contributed by atoms with Crippen molar-refractivity contribution in [3.05, 3.63) is 84.6 Å². The third-order valence-electron chi connectivity index (χ3n) is 3.67. The summed E-state index contributed by atoms with van der Waals surface area (Å²) in [6, 6.07) is 26.9. The molecule has 23 heavy (non-hydrogen) atoms.